The van der Waals surface area contributed by atoms with Crippen molar-refractivity contribution in [1.82, 2.24) is 20.3 Å². The van der Waals surface area contributed by atoms with Crippen LogP contribution in [-0.4, -0.2) is 21.5 Å². The molecule has 1 aliphatic rings. The van der Waals surface area contributed by atoms with Gasteiger partial charge >= 0.3 is 0 Å². The molecule has 4 nitrogen and oxygen atoms in total. The molecule has 1 aromatic heterocycles. The Morgan fingerprint density at radius 2 is 2.29 bits per heavy atom. The number of aromatic nitrogens is 3. The molecule has 4 heteroatoms. The third kappa shape index (κ3) is 3.06. The Labute approximate surface area is 104 Å². The topological polar surface area (TPSA) is 42.7 Å². The van der Waals surface area contributed by atoms with Crippen LogP contribution in [0.3, 0.4) is 0 Å². The molecule has 1 aliphatic carbocycles. The minimum absolute atomic E-state index is 0.437. The molecule has 1 aromatic rings. The fraction of sp³-hybridized carbons (Fsp3) is 0.846. The molecule has 0 aliphatic heterocycles. The van der Waals surface area contributed by atoms with Gasteiger partial charge in [0.05, 0.1) is 17.9 Å². The average Bonchev–Trinajstić information content (AvgIpc) is 2.70. The van der Waals surface area contributed by atoms with Gasteiger partial charge in [0, 0.05) is 6.54 Å². The van der Waals surface area contributed by atoms with Crippen LogP contribution in [0, 0.1) is 5.92 Å². The highest BCUT2D eigenvalue weighted by molar-refractivity contribution is 5.03. The van der Waals surface area contributed by atoms with Crippen molar-refractivity contribution in [2.45, 2.75) is 58.5 Å². The minimum atomic E-state index is 0.437. The van der Waals surface area contributed by atoms with Crippen molar-refractivity contribution in [3.63, 3.8) is 0 Å². The summed E-state index contributed by atoms with van der Waals surface area (Å²) < 4.78 is 2.06. The van der Waals surface area contributed by atoms with Crippen LogP contribution in [0.1, 0.15) is 57.7 Å². The summed E-state index contributed by atoms with van der Waals surface area (Å²) in [6.07, 6.45) is 8.50. The summed E-state index contributed by atoms with van der Waals surface area (Å²) in [6.45, 7) is 6.33. The van der Waals surface area contributed by atoms with Crippen molar-refractivity contribution in [3.05, 3.63) is 11.9 Å². The molecule has 0 amide bonds. The minimum Gasteiger partial charge on any atom is -0.309 e. The number of aryl methyl sites for hydroxylation is 1. The molecule has 96 valence electrons. The summed E-state index contributed by atoms with van der Waals surface area (Å²) in [5.41, 5.74) is 1.26. The van der Waals surface area contributed by atoms with Gasteiger partial charge < -0.3 is 5.32 Å². The average molecular weight is 236 g/mol. The molecule has 17 heavy (non-hydrogen) atoms. The first kappa shape index (κ1) is 12.6. The van der Waals surface area contributed by atoms with Gasteiger partial charge in [-0.2, -0.15) is 0 Å². The number of hydrogen-bond acceptors (Lipinski definition) is 3. The van der Waals surface area contributed by atoms with Crippen molar-refractivity contribution in [1.29, 1.82) is 0 Å². The van der Waals surface area contributed by atoms with E-state index in [1.54, 1.807) is 0 Å². The molecule has 1 N–H and O–H groups in total. The van der Waals surface area contributed by atoms with Crippen molar-refractivity contribution >= 4 is 0 Å². The normalized spacial score (nSPS) is 18.0. The number of rotatable bonds is 7. The van der Waals surface area contributed by atoms with Crippen LogP contribution < -0.4 is 5.32 Å². The predicted octanol–water partition coefficient (Wildman–Crippen LogP) is 2.53. The molecular weight excluding hydrogens is 212 g/mol. The lowest BCUT2D eigenvalue weighted by atomic mass is 9.80. The van der Waals surface area contributed by atoms with Gasteiger partial charge in [0.25, 0.3) is 0 Å². The maximum Gasteiger partial charge on any atom is 0.0756 e. The third-order valence-electron chi connectivity index (χ3n) is 3.68. The lowest BCUT2D eigenvalue weighted by molar-refractivity contribution is 0.257. The van der Waals surface area contributed by atoms with E-state index in [1.807, 2.05) is 6.20 Å². The first-order chi connectivity index (χ1) is 8.35. The Kier molecular flexibility index (Phi) is 4.54. The highest BCUT2D eigenvalue weighted by Gasteiger charge is 2.24. The van der Waals surface area contributed by atoms with Gasteiger partial charge in [0.1, 0.15) is 0 Å². The van der Waals surface area contributed by atoms with Gasteiger partial charge in [0.15, 0.2) is 0 Å². The van der Waals surface area contributed by atoms with Crippen molar-refractivity contribution in [2.75, 3.05) is 6.54 Å². The molecule has 1 saturated carbocycles. The van der Waals surface area contributed by atoms with Crippen molar-refractivity contribution in [3.8, 4) is 0 Å². The highest BCUT2D eigenvalue weighted by atomic mass is 15.4. The second-order valence-electron chi connectivity index (χ2n) is 5.02. The molecule has 2 rings (SSSR count). The number of nitrogens with zero attached hydrogens (tertiary/aromatic N) is 3. The maximum atomic E-state index is 4.19. The second kappa shape index (κ2) is 6.15. The molecule has 0 saturated heterocycles. The van der Waals surface area contributed by atoms with E-state index in [0.29, 0.717) is 6.04 Å². The van der Waals surface area contributed by atoms with Gasteiger partial charge in [0.2, 0.25) is 0 Å². The predicted molar refractivity (Wildman–Crippen MR) is 68.7 cm³/mol. The molecular formula is C13H24N4. The molecule has 1 unspecified atom stereocenters. The third-order valence-corrected chi connectivity index (χ3v) is 3.68. The van der Waals surface area contributed by atoms with Crippen molar-refractivity contribution < 1.29 is 0 Å². The van der Waals surface area contributed by atoms with E-state index in [4.69, 9.17) is 0 Å². The van der Waals surface area contributed by atoms with Crippen LogP contribution in [-0.2, 0) is 6.54 Å². The summed E-state index contributed by atoms with van der Waals surface area (Å²) in [4.78, 5) is 0. The largest absolute Gasteiger partial charge is 0.309 e. The Bertz CT molecular complexity index is 330. The fourth-order valence-electron chi connectivity index (χ4n) is 2.54. The van der Waals surface area contributed by atoms with Crippen LogP contribution in [0.4, 0.5) is 0 Å². The van der Waals surface area contributed by atoms with Crippen LogP contribution in [0.2, 0.25) is 0 Å². The van der Waals surface area contributed by atoms with Crippen LogP contribution in [0.25, 0.3) is 0 Å². The summed E-state index contributed by atoms with van der Waals surface area (Å²) in [7, 11) is 0. The smallest absolute Gasteiger partial charge is 0.0756 e. The SMILES string of the molecule is CCCn1nncc1C(CC1CCC1)NCC. The van der Waals surface area contributed by atoms with Gasteiger partial charge in [-0.25, -0.2) is 4.68 Å². The molecule has 0 radical (unpaired) electrons. The molecule has 1 heterocycles. The highest BCUT2D eigenvalue weighted by Crippen LogP contribution is 2.34. The lowest BCUT2D eigenvalue weighted by Crippen LogP contribution is -2.28. The first-order valence-corrected chi connectivity index (χ1v) is 6.96. The van der Waals surface area contributed by atoms with E-state index in [1.165, 1.54) is 31.4 Å². The van der Waals surface area contributed by atoms with Crippen molar-refractivity contribution in [2.24, 2.45) is 5.92 Å². The van der Waals surface area contributed by atoms with E-state index >= 15 is 0 Å². The van der Waals surface area contributed by atoms with E-state index in [9.17, 15) is 0 Å². The van der Waals surface area contributed by atoms with Crippen LogP contribution in [0.15, 0.2) is 6.20 Å². The summed E-state index contributed by atoms with van der Waals surface area (Å²) in [5.74, 6) is 0.907. The summed E-state index contributed by atoms with van der Waals surface area (Å²) >= 11 is 0. The van der Waals surface area contributed by atoms with Gasteiger partial charge in [-0.05, 0) is 25.3 Å². The maximum absolute atomic E-state index is 4.19. The quantitative estimate of drug-likeness (QED) is 0.791. The molecule has 0 spiro atoms. The number of hydrogen-bond donors (Lipinski definition) is 1. The monoisotopic (exact) mass is 236 g/mol. The number of nitrogens with one attached hydrogen (secondary N) is 1. The van der Waals surface area contributed by atoms with E-state index in [0.717, 1.165) is 25.4 Å². The van der Waals surface area contributed by atoms with Crippen LogP contribution >= 0.6 is 0 Å². The summed E-state index contributed by atoms with van der Waals surface area (Å²) in [5, 5.41) is 11.8. The van der Waals surface area contributed by atoms with E-state index < -0.39 is 0 Å². The molecule has 1 fully saturated rings. The lowest BCUT2D eigenvalue weighted by Gasteiger charge is -2.30. The molecule has 0 aromatic carbocycles. The fourth-order valence-corrected chi connectivity index (χ4v) is 2.54. The molecule has 0 bridgehead atoms. The Morgan fingerprint density at radius 3 is 2.88 bits per heavy atom. The standard InChI is InChI=1S/C13H24N4/c1-3-8-17-13(10-15-16-17)12(14-4-2)9-11-6-5-7-11/h10-12,14H,3-9H2,1-2H3. The molecule has 1 atom stereocenters. The Morgan fingerprint density at radius 1 is 1.47 bits per heavy atom. The van der Waals surface area contributed by atoms with Gasteiger partial charge in [-0.1, -0.05) is 38.3 Å². The van der Waals surface area contributed by atoms with E-state index in [-0.39, 0.29) is 0 Å². The van der Waals surface area contributed by atoms with Crippen LogP contribution in [0.5, 0.6) is 0 Å². The first-order valence-electron chi connectivity index (χ1n) is 6.96. The Hall–Kier alpha value is -0.900. The zero-order chi connectivity index (χ0) is 12.1. The van der Waals surface area contributed by atoms with Gasteiger partial charge in [-0.3, -0.25) is 0 Å². The zero-order valence-electron chi connectivity index (χ0n) is 11.0. The van der Waals surface area contributed by atoms with E-state index in [2.05, 4.69) is 34.2 Å². The zero-order valence-corrected chi connectivity index (χ0v) is 11.0. The van der Waals surface area contributed by atoms with Gasteiger partial charge in [-0.15, -0.1) is 5.10 Å². The second-order valence-corrected chi connectivity index (χ2v) is 5.02. The Balaban J connectivity index is 2.04. The summed E-state index contributed by atoms with van der Waals surface area (Å²) in [6, 6.07) is 0.437.